The first-order valence-corrected chi connectivity index (χ1v) is 12.5. The van der Waals surface area contributed by atoms with Crippen molar-refractivity contribution in [3.63, 3.8) is 0 Å². The van der Waals surface area contributed by atoms with Gasteiger partial charge in [0.05, 0.1) is 33.9 Å². The first-order valence-electron chi connectivity index (χ1n) is 10.3. The van der Waals surface area contributed by atoms with E-state index in [2.05, 4.69) is 15.3 Å². The van der Waals surface area contributed by atoms with Crippen LogP contribution in [0.1, 0.15) is 37.5 Å². The Morgan fingerprint density at radius 2 is 1.91 bits per heavy atom. The molecule has 35 heavy (non-hydrogen) atoms. The third kappa shape index (κ3) is 4.75. The molecule has 4 aromatic rings. The molecule has 13 heteroatoms. The van der Waals surface area contributed by atoms with Crippen LogP contribution < -0.4 is 4.74 Å². The number of nitrogens with zero attached hydrogens (tertiary/aromatic N) is 6. The number of sulfone groups is 1. The van der Waals surface area contributed by atoms with Crippen molar-refractivity contribution in [1.29, 1.82) is 0 Å². The molecule has 0 amide bonds. The molecule has 0 spiro atoms. The van der Waals surface area contributed by atoms with Gasteiger partial charge in [-0.3, -0.25) is 14.2 Å². The van der Waals surface area contributed by atoms with Crippen molar-refractivity contribution in [2.45, 2.75) is 18.4 Å². The number of halogens is 1. The Balaban J connectivity index is 1.79. The quantitative estimate of drug-likeness (QED) is 0.270. The van der Waals surface area contributed by atoms with Crippen molar-refractivity contribution in [3.8, 4) is 5.88 Å². The Bertz CT molecular complexity index is 1550. The van der Waals surface area contributed by atoms with E-state index in [1.54, 1.807) is 32.4 Å². The Kier molecular flexibility index (Phi) is 6.34. The normalized spacial score (nSPS) is 11.6. The molecule has 1 aromatic carbocycles. The van der Waals surface area contributed by atoms with Crippen molar-refractivity contribution in [2.75, 3.05) is 6.26 Å². The molecule has 0 aliphatic heterocycles. The van der Waals surface area contributed by atoms with Crippen molar-refractivity contribution < 1.29 is 22.7 Å². The van der Waals surface area contributed by atoms with E-state index in [0.717, 1.165) is 6.26 Å². The maximum atomic E-state index is 13.6. The summed E-state index contributed by atoms with van der Waals surface area (Å²) in [4.78, 5) is 26.3. The fourth-order valence-electron chi connectivity index (χ4n) is 3.65. The zero-order valence-electron chi connectivity index (χ0n) is 19.3. The summed E-state index contributed by atoms with van der Waals surface area (Å²) in [6.07, 6.45) is 7.09. The van der Waals surface area contributed by atoms with Crippen molar-refractivity contribution in [1.82, 2.24) is 29.3 Å². The highest BCUT2D eigenvalue weighted by molar-refractivity contribution is 7.90. The average Bonchev–Trinajstić information content (AvgIpc) is 3.50. The summed E-state index contributed by atoms with van der Waals surface area (Å²) < 4.78 is 34.5. The molecule has 0 bridgehead atoms. The van der Waals surface area contributed by atoms with Crippen LogP contribution >= 0.6 is 11.6 Å². The second kappa shape index (κ2) is 9.12. The van der Waals surface area contributed by atoms with E-state index >= 15 is 0 Å². The number of benzene rings is 1. The fourth-order valence-corrected chi connectivity index (χ4v) is 4.95. The first-order chi connectivity index (χ1) is 16.5. The van der Waals surface area contributed by atoms with Crippen LogP contribution in [0.15, 0.2) is 47.9 Å². The van der Waals surface area contributed by atoms with Gasteiger partial charge in [-0.2, -0.15) is 15.3 Å². The second-order valence-corrected chi connectivity index (χ2v) is 10.3. The number of rotatable bonds is 7. The number of aromatic nitrogens is 6. The van der Waals surface area contributed by atoms with Gasteiger partial charge in [-0.05, 0) is 25.1 Å². The SMILES string of the molecule is Cc1nn(C)c(OC(=O)c2cnn(C)c2)c1C(=O)c1ccc(S(C)(=O)=O)c(Cn2cccn2)c1Cl. The molecule has 0 N–H and O–H groups in total. The van der Waals surface area contributed by atoms with Gasteiger partial charge in [0.2, 0.25) is 11.7 Å². The molecule has 0 aliphatic carbocycles. The molecule has 0 saturated heterocycles. The van der Waals surface area contributed by atoms with Gasteiger partial charge in [0.25, 0.3) is 0 Å². The molecule has 0 fully saturated rings. The Morgan fingerprint density at radius 3 is 2.51 bits per heavy atom. The third-order valence-corrected chi connectivity index (χ3v) is 6.86. The second-order valence-electron chi connectivity index (χ2n) is 7.89. The van der Waals surface area contributed by atoms with Crippen LogP contribution in [0.4, 0.5) is 0 Å². The lowest BCUT2D eigenvalue weighted by Crippen LogP contribution is -2.15. The van der Waals surface area contributed by atoms with Gasteiger partial charge in [0, 0.05) is 50.1 Å². The number of hydrogen-bond acceptors (Lipinski definition) is 8. The largest absolute Gasteiger partial charge is 0.403 e. The minimum absolute atomic E-state index is 0.0133. The zero-order valence-corrected chi connectivity index (χ0v) is 20.8. The van der Waals surface area contributed by atoms with Gasteiger partial charge >= 0.3 is 5.97 Å². The van der Waals surface area contributed by atoms with Gasteiger partial charge in [0.15, 0.2) is 9.84 Å². The molecule has 0 aliphatic rings. The van der Waals surface area contributed by atoms with Crippen LogP contribution in [0.25, 0.3) is 0 Å². The van der Waals surface area contributed by atoms with Crippen LogP contribution in [-0.2, 0) is 30.5 Å². The molecular weight excluding hydrogens is 496 g/mol. The predicted molar refractivity (Wildman–Crippen MR) is 125 cm³/mol. The Hall–Kier alpha value is -3.77. The standard InChI is InChI=1S/C22H21ClN6O5S/c1-13-18(21(28(3)26-13)34-22(31)14-10-25-27(2)11-14)20(30)15-6-7-17(35(4,32)33)16(19(15)23)12-29-9-5-8-24-29/h5-11H,12H2,1-4H3. The van der Waals surface area contributed by atoms with E-state index in [1.807, 2.05) is 0 Å². The van der Waals surface area contributed by atoms with E-state index in [9.17, 15) is 18.0 Å². The molecule has 182 valence electrons. The number of ether oxygens (including phenoxy) is 1. The Morgan fingerprint density at radius 1 is 1.17 bits per heavy atom. The summed E-state index contributed by atoms with van der Waals surface area (Å²) in [6, 6.07) is 4.36. The summed E-state index contributed by atoms with van der Waals surface area (Å²) in [5, 5.41) is 12.2. The van der Waals surface area contributed by atoms with Crippen molar-refractivity contribution in [2.24, 2.45) is 14.1 Å². The highest BCUT2D eigenvalue weighted by atomic mass is 35.5. The number of esters is 1. The first kappa shape index (κ1) is 24.4. The minimum atomic E-state index is -3.65. The molecule has 3 heterocycles. The molecule has 0 atom stereocenters. The van der Waals surface area contributed by atoms with Crippen molar-refractivity contribution >= 4 is 33.2 Å². The van der Waals surface area contributed by atoms with Gasteiger partial charge in [0.1, 0.15) is 5.56 Å². The van der Waals surface area contributed by atoms with Gasteiger partial charge in [-0.1, -0.05) is 11.6 Å². The van der Waals surface area contributed by atoms with Gasteiger partial charge in [-0.15, -0.1) is 0 Å². The third-order valence-electron chi connectivity index (χ3n) is 5.25. The molecule has 0 radical (unpaired) electrons. The monoisotopic (exact) mass is 516 g/mol. The number of carbonyl (C=O) groups excluding carboxylic acids is 2. The minimum Gasteiger partial charge on any atom is -0.403 e. The molecule has 4 rings (SSSR count). The average molecular weight is 517 g/mol. The summed E-state index contributed by atoms with van der Waals surface area (Å²) >= 11 is 6.63. The fraction of sp³-hybridized carbons (Fsp3) is 0.227. The van der Waals surface area contributed by atoms with E-state index < -0.39 is 21.6 Å². The highest BCUT2D eigenvalue weighted by Gasteiger charge is 2.29. The summed E-state index contributed by atoms with van der Waals surface area (Å²) in [5.74, 6) is -1.36. The highest BCUT2D eigenvalue weighted by Crippen LogP contribution is 2.33. The smallest absolute Gasteiger partial charge is 0.348 e. The summed E-state index contributed by atoms with van der Waals surface area (Å²) in [5.41, 5.74) is 0.795. The number of aryl methyl sites for hydroxylation is 3. The predicted octanol–water partition coefficient (Wildman–Crippen LogP) is 2.21. The zero-order chi connectivity index (χ0) is 25.5. The lowest BCUT2D eigenvalue weighted by molar-refractivity contribution is 0.0718. The van der Waals surface area contributed by atoms with Crippen LogP contribution in [0.3, 0.4) is 0 Å². The van der Waals surface area contributed by atoms with Crippen molar-refractivity contribution in [3.05, 3.63) is 76.0 Å². The summed E-state index contributed by atoms with van der Waals surface area (Å²) in [7, 11) is -0.463. The Labute approximate surface area is 205 Å². The maximum Gasteiger partial charge on any atom is 0.348 e. The number of carbonyl (C=O) groups is 2. The van der Waals surface area contributed by atoms with Crippen LogP contribution in [-0.4, -0.2) is 55.8 Å². The van der Waals surface area contributed by atoms with Gasteiger partial charge < -0.3 is 4.74 Å². The maximum absolute atomic E-state index is 13.6. The number of hydrogen-bond donors (Lipinski definition) is 0. The van der Waals surface area contributed by atoms with Gasteiger partial charge in [-0.25, -0.2) is 17.9 Å². The molecule has 0 unspecified atom stereocenters. The molecule has 3 aromatic heterocycles. The van der Waals surface area contributed by atoms with Crippen LogP contribution in [0.2, 0.25) is 5.02 Å². The molecular formula is C22H21ClN6O5S. The topological polar surface area (TPSA) is 131 Å². The summed E-state index contributed by atoms with van der Waals surface area (Å²) in [6.45, 7) is 1.63. The van der Waals surface area contributed by atoms with E-state index in [4.69, 9.17) is 16.3 Å². The van der Waals surface area contributed by atoms with E-state index in [1.165, 1.54) is 45.6 Å². The molecule has 11 nitrogen and oxygen atoms in total. The lowest BCUT2D eigenvalue weighted by atomic mass is 10.0. The molecule has 0 saturated carbocycles. The van der Waals surface area contributed by atoms with Crippen LogP contribution in [0, 0.1) is 6.92 Å². The van der Waals surface area contributed by atoms with Crippen LogP contribution in [0.5, 0.6) is 5.88 Å². The van der Waals surface area contributed by atoms with E-state index in [-0.39, 0.29) is 44.6 Å². The lowest BCUT2D eigenvalue weighted by Gasteiger charge is -2.14. The van der Waals surface area contributed by atoms with E-state index in [0.29, 0.717) is 5.69 Å². The number of ketones is 1.